The van der Waals surface area contributed by atoms with Crippen LogP contribution in [0.3, 0.4) is 0 Å². The predicted octanol–water partition coefficient (Wildman–Crippen LogP) is 2.40. The molecule has 0 spiro atoms. The fourth-order valence-electron chi connectivity index (χ4n) is 1.64. The Morgan fingerprint density at radius 3 is 2.72 bits per heavy atom. The number of hydrogen-bond acceptors (Lipinski definition) is 3. The molecule has 0 saturated heterocycles. The number of H-pyrrole nitrogens is 1. The smallest absolute Gasteiger partial charge is 0.277 e. The fourth-order valence-corrected chi connectivity index (χ4v) is 1.64. The topological polar surface area (TPSA) is 70.7 Å². The number of benzene rings is 1. The van der Waals surface area contributed by atoms with Gasteiger partial charge in [-0.25, -0.2) is 0 Å². The van der Waals surface area contributed by atoms with Gasteiger partial charge < -0.3 is 5.32 Å². The molecule has 5 heteroatoms. The number of carbonyl (C=O) groups excluding carboxylic acids is 1. The number of aryl methyl sites for hydroxylation is 1. The first-order chi connectivity index (χ1) is 8.79. The van der Waals surface area contributed by atoms with E-state index >= 15 is 0 Å². The Kier molecular flexibility index (Phi) is 4.06. The van der Waals surface area contributed by atoms with Gasteiger partial charge in [0, 0.05) is 5.69 Å². The number of carbonyl (C=O) groups is 1. The molecule has 0 aliphatic rings. The first-order valence-electron chi connectivity index (χ1n) is 6.05. The second-order valence-corrected chi connectivity index (χ2v) is 4.11. The van der Waals surface area contributed by atoms with E-state index in [2.05, 4.69) is 27.7 Å². The lowest BCUT2D eigenvalue weighted by Gasteiger charge is -2.04. The number of rotatable bonds is 5. The van der Waals surface area contributed by atoms with E-state index in [1.807, 2.05) is 24.3 Å². The van der Waals surface area contributed by atoms with Crippen molar-refractivity contribution in [2.75, 3.05) is 5.32 Å². The molecule has 1 aromatic carbocycles. The average Bonchev–Trinajstić information content (AvgIpc) is 2.92. The maximum absolute atomic E-state index is 11.7. The van der Waals surface area contributed by atoms with Crippen LogP contribution in [0.25, 0.3) is 0 Å². The third-order valence-electron chi connectivity index (χ3n) is 2.68. The van der Waals surface area contributed by atoms with Crippen LogP contribution in [0.4, 0.5) is 5.69 Å². The molecule has 2 aromatic rings. The zero-order valence-corrected chi connectivity index (χ0v) is 10.3. The Morgan fingerprint density at radius 2 is 2.11 bits per heavy atom. The predicted molar refractivity (Wildman–Crippen MR) is 69.4 cm³/mol. The van der Waals surface area contributed by atoms with E-state index in [9.17, 15) is 4.79 Å². The number of hydrogen-bond donors (Lipinski definition) is 2. The zero-order valence-electron chi connectivity index (χ0n) is 10.3. The molecule has 0 fully saturated rings. The van der Waals surface area contributed by atoms with E-state index in [-0.39, 0.29) is 11.6 Å². The molecule has 0 bridgehead atoms. The van der Waals surface area contributed by atoms with Gasteiger partial charge in [-0.15, -0.1) is 0 Å². The van der Waals surface area contributed by atoms with Crippen molar-refractivity contribution in [2.45, 2.75) is 26.2 Å². The van der Waals surface area contributed by atoms with E-state index in [4.69, 9.17) is 0 Å². The van der Waals surface area contributed by atoms with Gasteiger partial charge in [-0.3, -0.25) is 4.79 Å². The molecular weight excluding hydrogens is 228 g/mol. The average molecular weight is 244 g/mol. The molecule has 0 aliphatic carbocycles. The second kappa shape index (κ2) is 5.95. The standard InChI is InChI=1S/C13H16N4O/c1-2-3-4-10-5-7-11(8-6-10)15-13(18)12-9-14-17-16-12/h5-9H,2-4H2,1H3,(H,15,18)(H,14,16,17). The first kappa shape index (κ1) is 12.3. The van der Waals surface area contributed by atoms with Crippen LogP contribution in [0.1, 0.15) is 35.8 Å². The van der Waals surface area contributed by atoms with Crippen molar-refractivity contribution in [2.24, 2.45) is 0 Å². The summed E-state index contributed by atoms with van der Waals surface area (Å²) < 4.78 is 0. The molecule has 1 aromatic heterocycles. The van der Waals surface area contributed by atoms with E-state index in [1.54, 1.807) is 0 Å². The lowest BCUT2D eigenvalue weighted by atomic mass is 10.1. The molecule has 1 amide bonds. The molecule has 0 atom stereocenters. The van der Waals surface area contributed by atoms with E-state index in [1.165, 1.54) is 24.6 Å². The third-order valence-corrected chi connectivity index (χ3v) is 2.68. The van der Waals surface area contributed by atoms with Gasteiger partial charge in [0.05, 0.1) is 6.20 Å². The molecular formula is C13H16N4O. The molecule has 5 nitrogen and oxygen atoms in total. The fraction of sp³-hybridized carbons (Fsp3) is 0.308. The molecule has 0 radical (unpaired) electrons. The Morgan fingerprint density at radius 1 is 1.33 bits per heavy atom. The number of aromatic amines is 1. The highest BCUT2D eigenvalue weighted by molar-refractivity contribution is 6.02. The summed E-state index contributed by atoms with van der Waals surface area (Å²) in [6, 6.07) is 7.88. The van der Waals surface area contributed by atoms with E-state index in [0.717, 1.165) is 12.1 Å². The van der Waals surface area contributed by atoms with Gasteiger partial charge >= 0.3 is 0 Å². The van der Waals surface area contributed by atoms with Crippen LogP contribution in [0, 0.1) is 0 Å². The van der Waals surface area contributed by atoms with Crippen LogP contribution < -0.4 is 5.32 Å². The second-order valence-electron chi connectivity index (χ2n) is 4.11. The van der Waals surface area contributed by atoms with Gasteiger partial charge in [0.15, 0.2) is 5.69 Å². The summed E-state index contributed by atoms with van der Waals surface area (Å²) in [5, 5.41) is 12.5. The summed E-state index contributed by atoms with van der Waals surface area (Å²) in [5.74, 6) is -0.259. The van der Waals surface area contributed by atoms with E-state index in [0.29, 0.717) is 0 Å². The van der Waals surface area contributed by atoms with Crippen LogP contribution in [0.2, 0.25) is 0 Å². The third kappa shape index (κ3) is 3.16. The summed E-state index contributed by atoms with van der Waals surface area (Å²) in [5.41, 5.74) is 2.34. The first-order valence-corrected chi connectivity index (χ1v) is 6.05. The minimum absolute atomic E-state index is 0.259. The lowest BCUT2D eigenvalue weighted by Crippen LogP contribution is -2.12. The Balaban J connectivity index is 1.96. The van der Waals surface area contributed by atoms with Crippen molar-refractivity contribution in [1.29, 1.82) is 0 Å². The van der Waals surface area contributed by atoms with Crippen LogP contribution in [0.5, 0.6) is 0 Å². The highest BCUT2D eigenvalue weighted by atomic mass is 16.2. The largest absolute Gasteiger partial charge is 0.321 e. The monoisotopic (exact) mass is 244 g/mol. The van der Waals surface area contributed by atoms with Gasteiger partial charge in [-0.2, -0.15) is 15.4 Å². The van der Waals surface area contributed by atoms with Crippen molar-refractivity contribution in [3.63, 3.8) is 0 Å². The Hall–Kier alpha value is -2.17. The summed E-state index contributed by atoms with van der Waals surface area (Å²) in [7, 11) is 0. The van der Waals surface area contributed by atoms with Gasteiger partial charge in [0.25, 0.3) is 5.91 Å². The highest BCUT2D eigenvalue weighted by Crippen LogP contribution is 2.12. The number of amides is 1. The Labute approximate surface area is 106 Å². The van der Waals surface area contributed by atoms with Crippen molar-refractivity contribution < 1.29 is 4.79 Å². The van der Waals surface area contributed by atoms with E-state index < -0.39 is 0 Å². The molecule has 0 unspecified atom stereocenters. The minimum Gasteiger partial charge on any atom is -0.321 e. The number of anilines is 1. The molecule has 94 valence electrons. The molecule has 2 rings (SSSR count). The van der Waals surface area contributed by atoms with Crippen LogP contribution in [-0.4, -0.2) is 21.3 Å². The summed E-state index contributed by atoms with van der Waals surface area (Å²) >= 11 is 0. The van der Waals surface area contributed by atoms with Gasteiger partial charge in [-0.1, -0.05) is 25.5 Å². The molecule has 0 aliphatic heterocycles. The number of aromatic nitrogens is 3. The number of nitrogens with one attached hydrogen (secondary N) is 2. The van der Waals surface area contributed by atoms with Crippen molar-refractivity contribution >= 4 is 11.6 Å². The summed E-state index contributed by atoms with van der Waals surface area (Å²) in [6.45, 7) is 2.17. The SMILES string of the molecule is CCCCc1ccc(NC(=O)c2cn[nH]n2)cc1. The molecule has 2 N–H and O–H groups in total. The molecule has 0 saturated carbocycles. The van der Waals surface area contributed by atoms with Crippen molar-refractivity contribution in [3.05, 3.63) is 41.7 Å². The highest BCUT2D eigenvalue weighted by Gasteiger charge is 2.08. The summed E-state index contributed by atoms with van der Waals surface area (Å²) in [4.78, 5) is 11.7. The van der Waals surface area contributed by atoms with Crippen LogP contribution in [0.15, 0.2) is 30.5 Å². The van der Waals surface area contributed by atoms with Gasteiger partial charge in [-0.05, 0) is 30.5 Å². The Bertz CT molecular complexity index is 490. The normalized spacial score (nSPS) is 10.3. The maximum atomic E-state index is 11.7. The quantitative estimate of drug-likeness (QED) is 0.848. The molecule has 1 heterocycles. The minimum atomic E-state index is -0.259. The lowest BCUT2D eigenvalue weighted by molar-refractivity contribution is 0.102. The zero-order chi connectivity index (χ0) is 12.8. The van der Waals surface area contributed by atoms with Crippen LogP contribution >= 0.6 is 0 Å². The molecule has 18 heavy (non-hydrogen) atoms. The van der Waals surface area contributed by atoms with Gasteiger partial charge in [0.1, 0.15) is 0 Å². The van der Waals surface area contributed by atoms with Crippen LogP contribution in [-0.2, 0) is 6.42 Å². The number of unbranched alkanes of at least 4 members (excludes halogenated alkanes) is 1. The van der Waals surface area contributed by atoms with Gasteiger partial charge in [0.2, 0.25) is 0 Å². The van der Waals surface area contributed by atoms with Crippen molar-refractivity contribution in [3.8, 4) is 0 Å². The number of nitrogens with zero attached hydrogens (tertiary/aromatic N) is 2. The maximum Gasteiger partial charge on any atom is 0.277 e. The van der Waals surface area contributed by atoms with Crippen molar-refractivity contribution in [1.82, 2.24) is 15.4 Å². The summed E-state index contributed by atoms with van der Waals surface area (Å²) in [6.07, 6.45) is 4.84.